The van der Waals surface area contributed by atoms with Crippen LogP contribution in [0, 0.1) is 17.6 Å². The predicted octanol–water partition coefficient (Wildman–Crippen LogP) is 5.02. The SMILES string of the molecule is Fc1cccc(F)c1CN(Cc1cccnc1)CC1CCN(C2CCCC2)CC1. The highest BCUT2D eigenvalue weighted by Crippen LogP contribution is 2.29. The Balaban J connectivity index is 1.41. The number of halogens is 2. The molecular weight excluding hydrogens is 368 g/mol. The van der Waals surface area contributed by atoms with Gasteiger partial charge in [-0.1, -0.05) is 25.0 Å². The van der Waals surface area contributed by atoms with Crippen molar-refractivity contribution >= 4 is 0 Å². The van der Waals surface area contributed by atoms with Crippen molar-refractivity contribution < 1.29 is 8.78 Å². The Kier molecular flexibility index (Phi) is 6.88. The van der Waals surface area contributed by atoms with Gasteiger partial charge in [0.25, 0.3) is 0 Å². The van der Waals surface area contributed by atoms with Gasteiger partial charge in [0.15, 0.2) is 0 Å². The van der Waals surface area contributed by atoms with E-state index in [0.717, 1.165) is 31.2 Å². The third-order valence-electron chi connectivity index (χ3n) is 6.58. The molecule has 1 aliphatic carbocycles. The lowest BCUT2D eigenvalue weighted by atomic mass is 9.94. The lowest BCUT2D eigenvalue weighted by Gasteiger charge is -2.38. The molecule has 1 saturated carbocycles. The summed E-state index contributed by atoms with van der Waals surface area (Å²) in [6.45, 7) is 4.12. The van der Waals surface area contributed by atoms with Gasteiger partial charge in [-0.3, -0.25) is 9.88 Å². The first-order valence-corrected chi connectivity index (χ1v) is 11.0. The van der Waals surface area contributed by atoms with Crippen molar-refractivity contribution in [3.8, 4) is 0 Å². The monoisotopic (exact) mass is 399 g/mol. The summed E-state index contributed by atoms with van der Waals surface area (Å²) in [7, 11) is 0. The minimum Gasteiger partial charge on any atom is -0.300 e. The summed E-state index contributed by atoms with van der Waals surface area (Å²) < 4.78 is 28.5. The van der Waals surface area contributed by atoms with Crippen LogP contribution in [-0.2, 0) is 13.1 Å². The molecule has 0 spiro atoms. The molecule has 1 aliphatic heterocycles. The molecule has 0 radical (unpaired) electrons. The fourth-order valence-electron chi connectivity index (χ4n) is 4.98. The number of hydrogen-bond acceptors (Lipinski definition) is 3. The third kappa shape index (κ3) is 5.40. The molecule has 2 aromatic rings. The summed E-state index contributed by atoms with van der Waals surface area (Å²) in [4.78, 5) is 9.06. The van der Waals surface area contributed by atoms with Crippen molar-refractivity contribution in [3.63, 3.8) is 0 Å². The van der Waals surface area contributed by atoms with Gasteiger partial charge in [-0.25, -0.2) is 8.78 Å². The summed E-state index contributed by atoms with van der Waals surface area (Å²) >= 11 is 0. The number of likely N-dealkylation sites (tertiary alicyclic amines) is 1. The molecule has 0 unspecified atom stereocenters. The fourth-order valence-corrected chi connectivity index (χ4v) is 4.98. The number of aromatic nitrogens is 1. The van der Waals surface area contributed by atoms with Crippen LogP contribution >= 0.6 is 0 Å². The molecule has 5 heteroatoms. The molecule has 29 heavy (non-hydrogen) atoms. The average Bonchev–Trinajstić information content (AvgIpc) is 3.27. The summed E-state index contributed by atoms with van der Waals surface area (Å²) in [6.07, 6.45) is 11.4. The van der Waals surface area contributed by atoms with E-state index in [4.69, 9.17) is 0 Å². The Hall–Kier alpha value is -1.85. The highest BCUT2D eigenvalue weighted by Gasteiger charge is 2.28. The van der Waals surface area contributed by atoms with Crippen LogP contribution in [0.25, 0.3) is 0 Å². The number of piperidine rings is 1. The van der Waals surface area contributed by atoms with Crippen LogP contribution in [0.3, 0.4) is 0 Å². The molecule has 4 rings (SSSR count). The Morgan fingerprint density at radius 2 is 1.66 bits per heavy atom. The van der Waals surface area contributed by atoms with E-state index < -0.39 is 11.6 Å². The highest BCUT2D eigenvalue weighted by molar-refractivity contribution is 5.20. The van der Waals surface area contributed by atoms with Crippen LogP contribution in [0.5, 0.6) is 0 Å². The van der Waals surface area contributed by atoms with Crippen LogP contribution in [0.1, 0.15) is 49.7 Å². The van der Waals surface area contributed by atoms with Crippen molar-refractivity contribution in [1.82, 2.24) is 14.8 Å². The van der Waals surface area contributed by atoms with Crippen molar-refractivity contribution in [3.05, 3.63) is 65.5 Å². The molecule has 0 N–H and O–H groups in total. The van der Waals surface area contributed by atoms with E-state index in [1.165, 1.54) is 56.7 Å². The minimum absolute atomic E-state index is 0.166. The normalized spacial score (nSPS) is 19.3. The molecule has 2 fully saturated rings. The smallest absolute Gasteiger partial charge is 0.130 e. The Labute approximate surface area is 172 Å². The zero-order valence-corrected chi connectivity index (χ0v) is 17.1. The molecule has 0 bridgehead atoms. The first-order chi connectivity index (χ1) is 14.2. The second kappa shape index (κ2) is 9.77. The molecule has 2 heterocycles. The van der Waals surface area contributed by atoms with Gasteiger partial charge < -0.3 is 4.90 Å². The van der Waals surface area contributed by atoms with Crippen molar-refractivity contribution in [2.75, 3.05) is 19.6 Å². The fraction of sp³-hybridized carbons (Fsp3) is 0.542. The molecule has 0 amide bonds. The Morgan fingerprint density at radius 3 is 2.31 bits per heavy atom. The quantitative estimate of drug-likeness (QED) is 0.652. The second-order valence-electron chi connectivity index (χ2n) is 8.65. The molecule has 1 aromatic carbocycles. The van der Waals surface area contributed by atoms with E-state index in [-0.39, 0.29) is 12.1 Å². The standard InChI is InChI=1S/C24H31F2N3/c25-23-8-3-9-24(26)22(23)18-28(17-20-5-4-12-27-15-20)16-19-10-13-29(14-11-19)21-6-1-2-7-21/h3-5,8-9,12,15,19,21H,1-2,6-7,10-11,13-14,16-18H2. The van der Waals surface area contributed by atoms with Gasteiger partial charge in [0.05, 0.1) is 0 Å². The average molecular weight is 400 g/mol. The van der Waals surface area contributed by atoms with Gasteiger partial charge in [0.1, 0.15) is 11.6 Å². The first-order valence-electron chi connectivity index (χ1n) is 11.0. The topological polar surface area (TPSA) is 19.4 Å². The zero-order valence-electron chi connectivity index (χ0n) is 17.1. The maximum Gasteiger partial charge on any atom is 0.130 e. The predicted molar refractivity (Wildman–Crippen MR) is 111 cm³/mol. The number of benzene rings is 1. The number of rotatable bonds is 7. The van der Waals surface area contributed by atoms with Crippen LogP contribution < -0.4 is 0 Å². The van der Waals surface area contributed by atoms with Gasteiger partial charge in [-0.05, 0) is 68.5 Å². The van der Waals surface area contributed by atoms with E-state index in [1.54, 1.807) is 6.20 Å². The summed E-state index contributed by atoms with van der Waals surface area (Å²) in [6, 6.07) is 8.85. The van der Waals surface area contributed by atoms with Crippen LogP contribution in [-0.4, -0.2) is 40.5 Å². The molecule has 156 valence electrons. The number of nitrogens with zero attached hydrogens (tertiary/aromatic N) is 3. The van der Waals surface area contributed by atoms with Gasteiger partial charge in [0, 0.05) is 43.6 Å². The number of pyridine rings is 1. The highest BCUT2D eigenvalue weighted by atomic mass is 19.1. The van der Waals surface area contributed by atoms with E-state index >= 15 is 0 Å². The number of hydrogen-bond donors (Lipinski definition) is 0. The third-order valence-corrected chi connectivity index (χ3v) is 6.58. The Bertz CT molecular complexity index is 749. The largest absolute Gasteiger partial charge is 0.300 e. The maximum atomic E-state index is 14.3. The molecular formula is C24H31F2N3. The summed E-state index contributed by atoms with van der Waals surface area (Å²) in [5, 5.41) is 0. The van der Waals surface area contributed by atoms with Crippen molar-refractivity contribution in [1.29, 1.82) is 0 Å². The van der Waals surface area contributed by atoms with E-state index in [1.807, 2.05) is 18.3 Å². The zero-order chi connectivity index (χ0) is 20.1. The molecule has 1 aromatic heterocycles. The van der Waals surface area contributed by atoms with Crippen molar-refractivity contribution in [2.24, 2.45) is 5.92 Å². The molecule has 1 saturated heterocycles. The van der Waals surface area contributed by atoms with E-state index in [2.05, 4.69) is 14.8 Å². The van der Waals surface area contributed by atoms with Crippen LogP contribution in [0.4, 0.5) is 8.78 Å². The van der Waals surface area contributed by atoms with Crippen molar-refractivity contribution in [2.45, 2.75) is 57.7 Å². The lowest BCUT2D eigenvalue weighted by Crippen LogP contribution is -2.42. The molecule has 2 aliphatic rings. The van der Waals surface area contributed by atoms with Gasteiger partial charge in [-0.15, -0.1) is 0 Å². The summed E-state index contributed by atoms with van der Waals surface area (Å²) in [5.41, 5.74) is 1.24. The molecule has 3 nitrogen and oxygen atoms in total. The lowest BCUT2D eigenvalue weighted by molar-refractivity contribution is 0.106. The van der Waals surface area contributed by atoms with Crippen LogP contribution in [0.15, 0.2) is 42.7 Å². The van der Waals surface area contributed by atoms with Crippen LogP contribution in [0.2, 0.25) is 0 Å². The second-order valence-corrected chi connectivity index (χ2v) is 8.65. The van der Waals surface area contributed by atoms with E-state index in [0.29, 0.717) is 12.5 Å². The van der Waals surface area contributed by atoms with Gasteiger partial charge >= 0.3 is 0 Å². The van der Waals surface area contributed by atoms with E-state index in [9.17, 15) is 8.78 Å². The maximum absolute atomic E-state index is 14.3. The first kappa shape index (κ1) is 20.4. The van der Waals surface area contributed by atoms with Gasteiger partial charge in [0.2, 0.25) is 0 Å². The summed E-state index contributed by atoms with van der Waals surface area (Å²) in [5.74, 6) is -0.353. The Morgan fingerprint density at radius 1 is 0.931 bits per heavy atom. The molecule has 0 atom stereocenters. The minimum atomic E-state index is -0.461. The van der Waals surface area contributed by atoms with Gasteiger partial charge in [-0.2, -0.15) is 0 Å².